The molecule has 2 amide bonds. The van der Waals surface area contributed by atoms with Crippen molar-refractivity contribution in [1.82, 2.24) is 9.88 Å². The predicted octanol–water partition coefficient (Wildman–Crippen LogP) is 4.89. The smallest absolute Gasteiger partial charge is 0.324 e. The minimum atomic E-state index is 0.0489. The Morgan fingerprint density at radius 1 is 1.32 bits per heavy atom. The van der Waals surface area contributed by atoms with Gasteiger partial charge in [0.15, 0.2) is 0 Å². The van der Waals surface area contributed by atoms with Gasteiger partial charge in [0, 0.05) is 19.5 Å². The van der Waals surface area contributed by atoms with Crippen LogP contribution in [0.1, 0.15) is 53.9 Å². The molecular formula is C22H26N4OS. The number of hydrogen-bond acceptors (Lipinski definition) is 4. The molecule has 146 valence electrons. The van der Waals surface area contributed by atoms with Gasteiger partial charge in [-0.2, -0.15) is 5.26 Å². The van der Waals surface area contributed by atoms with E-state index in [1.807, 2.05) is 34.9 Å². The molecule has 2 aromatic rings. The van der Waals surface area contributed by atoms with Gasteiger partial charge >= 0.3 is 6.03 Å². The number of likely N-dealkylation sites (tertiary alicyclic amines) is 1. The highest BCUT2D eigenvalue weighted by Gasteiger charge is 2.29. The van der Waals surface area contributed by atoms with E-state index in [2.05, 4.69) is 6.07 Å². The standard InChI is InChI=1S/C22H26N4OS/c1-16-21(28-20(24-16)13-17-6-2-3-7-17)26(22(27)25-10-5-11-25)15-19-9-4-8-18(12-19)14-23/h4,8-9,12,17H,2-3,5-7,10-11,13,15H2,1H3. The van der Waals surface area contributed by atoms with Crippen molar-refractivity contribution in [2.45, 2.75) is 52.0 Å². The van der Waals surface area contributed by atoms with Crippen LogP contribution < -0.4 is 4.90 Å². The number of hydrogen-bond donors (Lipinski definition) is 0. The van der Waals surface area contributed by atoms with E-state index >= 15 is 0 Å². The third kappa shape index (κ3) is 4.05. The van der Waals surface area contributed by atoms with E-state index in [4.69, 9.17) is 4.98 Å². The lowest BCUT2D eigenvalue weighted by atomic mass is 10.1. The summed E-state index contributed by atoms with van der Waals surface area (Å²) in [5.41, 5.74) is 2.53. The number of nitriles is 1. The van der Waals surface area contributed by atoms with E-state index in [-0.39, 0.29) is 6.03 Å². The Hall–Kier alpha value is -2.39. The van der Waals surface area contributed by atoms with Crippen molar-refractivity contribution in [3.8, 4) is 6.07 Å². The number of aromatic nitrogens is 1. The van der Waals surface area contributed by atoms with Crippen molar-refractivity contribution in [2.24, 2.45) is 5.92 Å². The molecule has 0 atom stereocenters. The largest absolute Gasteiger partial charge is 0.325 e. The summed E-state index contributed by atoms with van der Waals surface area (Å²) in [5.74, 6) is 0.741. The van der Waals surface area contributed by atoms with Gasteiger partial charge in [-0.05, 0) is 37.0 Å². The maximum atomic E-state index is 13.2. The highest BCUT2D eigenvalue weighted by Crippen LogP contribution is 2.35. The molecule has 5 nitrogen and oxygen atoms in total. The zero-order valence-corrected chi connectivity index (χ0v) is 17.2. The number of carbonyl (C=O) groups excluding carboxylic acids is 1. The molecule has 0 bridgehead atoms. The molecule has 2 fully saturated rings. The number of anilines is 1. The van der Waals surface area contributed by atoms with Gasteiger partial charge in [0.25, 0.3) is 0 Å². The minimum absolute atomic E-state index is 0.0489. The van der Waals surface area contributed by atoms with E-state index in [0.29, 0.717) is 12.1 Å². The normalized spacial score (nSPS) is 16.6. The van der Waals surface area contributed by atoms with Gasteiger partial charge in [-0.25, -0.2) is 9.78 Å². The molecule has 2 heterocycles. The first-order valence-corrected chi connectivity index (χ1v) is 11.0. The number of benzene rings is 1. The molecular weight excluding hydrogens is 368 g/mol. The maximum Gasteiger partial charge on any atom is 0.325 e. The molecule has 0 unspecified atom stereocenters. The number of carbonyl (C=O) groups is 1. The second-order valence-corrected chi connectivity index (χ2v) is 8.94. The zero-order valence-electron chi connectivity index (χ0n) is 16.4. The maximum absolute atomic E-state index is 13.2. The van der Waals surface area contributed by atoms with Gasteiger partial charge in [0.2, 0.25) is 0 Å². The van der Waals surface area contributed by atoms with E-state index in [9.17, 15) is 10.1 Å². The average molecular weight is 395 g/mol. The monoisotopic (exact) mass is 394 g/mol. The van der Waals surface area contributed by atoms with Crippen molar-refractivity contribution < 1.29 is 4.79 Å². The van der Waals surface area contributed by atoms with Gasteiger partial charge in [-0.3, -0.25) is 4.90 Å². The van der Waals surface area contributed by atoms with Crippen molar-refractivity contribution in [3.05, 3.63) is 46.1 Å². The molecule has 1 aromatic heterocycles. The lowest BCUT2D eigenvalue weighted by Gasteiger charge is -2.35. The minimum Gasteiger partial charge on any atom is -0.324 e. The van der Waals surface area contributed by atoms with Crippen LogP contribution in [-0.2, 0) is 13.0 Å². The molecule has 4 rings (SSSR count). The summed E-state index contributed by atoms with van der Waals surface area (Å²) in [4.78, 5) is 21.7. The SMILES string of the molecule is Cc1nc(CC2CCCC2)sc1N(Cc1cccc(C#N)c1)C(=O)N1CCC1. The van der Waals surface area contributed by atoms with Crippen LogP contribution in [0.25, 0.3) is 0 Å². The highest BCUT2D eigenvalue weighted by atomic mass is 32.1. The van der Waals surface area contributed by atoms with Gasteiger partial charge in [-0.15, -0.1) is 11.3 Å². The molecule has 0 spiro atoms. The van der Waals surface area contributed by atoms with Crippen LogP contribution in [0.5, 0.6) is 0 Å². The Balaban J connectivity index is 1.60. The predicted molar refractivity (Wildman–Crippen MR) is 111 cm³/mol. The number of thiazole rings is 1. The first-order valence-electron chi connectivity index (χ1n) is 10.2. The Kier molecular flexibility index (Phi) is 5.63. The van der Waals surface area contributed by atoms with Crippen molar-refractivity contribution in [1.29, 1.82) is 5.26 Å². The topological polar surface area (TPSA) is 60.2 Å². The first kappa shape index (κ1) is 18.9. The molecule has 1 aliphatic carbocycles. The fraction of sp³-hybridized carbons (Fsp3) is 0.500. The van der Waals surface area contributed by atoms with Crippen LogP contribution in [0.15, 0.2) is 24.3 Å². The van der Waals surface area contributed by atoms with Gasteiger partial charge in [0.05, 0.1) is 28.9 Å². The van der Waals surface area contributed by atoms with Gasteiger partial charge in [-0.1, -0.05) is 37.8 Å². The molecule has 2 aliphatic rings. The van der Waals surface area contributed by atoms with E-state index in [0.717, 1.165) is 53.1 Å². The summed E-state index contributed by atoms with van der Waals surface area (Å²) in [5, 5.41) is 11.3. The number of rotatable bonds is 5. The van der Waals surface area contributed by atoms with Crippen molar-refractivity contribution in [3.63, 3.8) is 0 Å². The second-order valence-electron chi connectivity index (χ2n) is 7.87. The van der Waals surface area contributed by atoms with Gasteiger partial charge in [0.1, 0.15) is 5.00 Å². The summed E-state index contributed by atoms with van der Waals surface area (Å²) < 4.78 is 0. The van der Waals surface area contributed by atoms with Crippen LogP contribution in [-0.4, -0.2) is 29.0 Å². The fourth-order valence-electron chi connectivity index (χ4n) is 4.07. The summed E-state index contributed by atoms with van der Waals surface area (Å²) in [6, 6.07) is 9.76. The average Bonchev–Trinajstić information content (AvgIpc) is 3.28. The highest BCUT2D eigenvalue weighted by molar-refractivity contribution is 7.16. The molecule has 1 aliphatic heterocycles. The van der Waals surface area contributed by atoms with Crippen molar-refractivity contribution >= 4 is 22.4 Å². The number of aryl methyl sites for hydroxylation is 1. The fourth-order valence-corrected chi connectivity index (χ4v) is 5.24. The summed E-state index contributed by atoms with van der Waals surface area (Å²) >= 11 is 1.67. The van der Waals surface area contributed by atoms with Crippen LogP contribution >= 0.6 is 11.3 Å². The molecule has 1 saturated carbocycles. The third-order valence-electron chi connectivity index (χ3n) is 5.75. The second kappa shape index (κ2) is 8.32. The zero-order chi connectivity index (χ0) is 19.5. The molecule has 1 aromatic carbocycles. The molecule has 0 N–H and O–H groups in total. The summed E-state index contributed by atoms with van der Waals surface area (Å²) in [6.45, 7) is 4.11. The van der Waals surface area contributed by atoms with E-state index in [1.165, 1.54) is 25.7 Å². The Labute approximate surface area is 170 Å². The number of urea groups is 1. The third-order valence-corrected chi connectivity index (χ3v) is 6.96. The number of nitrogens with zero attached hydrogens (tertiary/aromatic N) is 4. The van der Waals surface area contributed by atoms with Crippen molar-refractivity contribution in [2.75, 3.05) is 18.0 Å². The summed E-state index contributed by atoms with van der Waals surface area (Å²) in [6.07, 6.45) is 7.35. The Morgan fingerprint density at radius 3 is 2.79 bits per heavy atom. The van der Waals surface area contributed by atoms with Crippen LogP contribution in [0.4, 0.5) is 9.80 Å². The van der Waals surface area contributed by atoms with Crippen LogP contribution in [0, 0.1) is 24.2 Å². The first-order chi connectivity index (χ1) is 13.6. The lowest BCUT2D eigenvalue weighted by molar-refractivity contribution is 0.174. The van der Waals surface area contributed by atoms with Crippen LogP contribution in [0.2, 0.25) is 0 Å². The molecule has 6 heteroatoms. The molecule has 28 heavy (non-hydrogen) atoms. The number of amides is 2. The van der Waals surface area contributed by atoms with Crippen LogP contribution in [0.3, 0.4) is 0 Å². The molecule has 1 saturated heterocycles. The molecule has 0 radical (unpaired) electrons. The van der Waals surface area contributed by atoms with E-state index in [1.54, 1.807) is 17.4 Å². The van der Waals surface area contributed by atoms with E-state index < -0.39 is 0 Å². The quantitative estimate of drug-likeness (QED) is 0.725. The Morgan fingerprint density at radius 2 is 2.11 bits per heavy atom. The Bertz CT molecular complexity index is 890. The summed E-state index contributed by atoms with van der Waals surface area (Å²) in [7, 11) is 0. The van der Waals surface area contributed by atoms with Gasteiger partial charge < -0.3 is 4.90 Å². The lowest BCUT2D eigenvalue weighted by Crippen LogP contribution is -2.49.